The summed E-state index contributed by atoms with van der Waals surface area (Å²) in [6, 6.07) is 6.10. The first-order chi connectivity index (χ1) is 9.09. The van der Waals surface area contributed by atoms with Gasteiger partial charge < -0.3 is 16.2 Å². The van der Waals surface area contributed by atoms with Gasteiger partial charge in [0.25, 0.3) is 5.91 Å². The summed E-state index contributed by atoms with van der Waals surface area (Å²) in [5.74, 6) is -1.46. The molecule has 1 amide bonds. The van der Waals surface area contributed by atoms with E-state index in [2.05, 4.69) is 5.32 Å². The zero-order chi connectivity index (χ0) is 13.8. The van der Waals surface area contributed by atoms with Gasteiger partial charge in [0.2, 0.25) is 0 Å². The zero-order valence-corrected chi connectivity index (χ0v) is 10.6. The molecular weight excluding hydrogens is 244 g/mol. The molecule has 5 nitrogen and oxygen atoms in total. The lowest BCUT2D eigenvalue weighted by molar-refractivity contribution is 0.0690. The van der Waals surface area contributed by atoms with E-state index in [1.54, 1.807) is 12.1 Å². The van der Waals surface area contributed by atoms with E-state index in [1.807, 2.05) is 0 Å². The van der Waals surface area contributed by atoms with Crippen LogP contribution in [0.25, 0.3) is 0 Å². The van der Waals surface area contributed by atoms with Gasteiger partial charge in [0.1, 0.15) is 0 Å². The lowest BCUT2D eigenvalue weighted by Crippen LogP contribution is -2.49. The van der Waals surface area contributed by atoms with Crippen LogP contribution in [0.5, 0.6) is 0 Å². The van der Waals surface area contributed by atoms with E-state index in [-0.39, 0.29) is 29.1 Å². The van der Waals surface area contributed by atoms with E-state index < -0.39 is 5.97 Å². The molecule has 1 aliphatic rings. The number of carboxylic acid groups (broad SMARTS) is 1. The third-order valence-corrected chi connectivity index (χ3v) is 3.54. The van der Waals surface area contributed by atoms with Crippen molar-refractivity contribution in [2.45, 2.75) is 37.8 Å². The number of carboxylic acids is 1. The summed E-state index contributed by atoms with van der Waals surface area (Å²) in [5, 5.41) is 11.9. The minimum Gasteiger partial charge on any atom is -0.478 e. The Morgan fingerprint density at radius 1 is 1.16 bits per heavy atom. The smallest absolute Gasteiger partial charge is 0.336 e. The molecule has 4 N–H and O–H groups in total. The SMILES string of the molecule is NC1CCCCC1NC(=O)c1ccccc1C(=O)O. The Kier molecular flexibility index (Phi) is 4.16. The molecule has 2 unspecified atom stereocenters. The molecule has 0 spiro atoms. The molecule has 0 saturated heterocycles. The lowest BCUT2D eigenvalue weighted by Gasteiger charge is -2.29. The van der Waals surface area contributed by atoms with Gasteiger partial charge in [-0.25, -0.2) is 4.79 Å². The minimum absolute atomic E-state index is 0.0179. The van der Waals surface area contributed by atoms with Crippen molar-refractivity contribution in [1.29, 1.82) is 0 Å². The number of carbonyl (C=O) groups excluding carboxylic acids is 1. The second kappa shape index (κ2) is 5.84. The fourth-order valence-corrected chi connectivity index (χ4v) is 2.45. The van der Waals surface area contributed by atoms with Crippen molar-refractivity contribution in [3.05, 3.63) is 35.4 Å². The Bertz CT molecular complexity index is 487. The molecule has 0 aliphatic heterocycles. The highest BCUT2D eigenvalue weighted by Crippen LogP contribution is 2.18. The average molecular weight is 262 g/mol. The molecular formula is C14H18N2O3. The normalized spacial score (nSPS) is 22.8. The van der Waals surface area contributed by atoms with E-state index in [0.717, 1.165) is 25.7 Å². The Balaban J connectivity index is 2.13. The summed E-state index contributed by atoms with van der Waals surface area (Å²) in [7, 11) is 0. The molecule has 0 bridgehead atoms. The number of rotatable bonds is 3. The topological polar surface area (TPSA) is 92.4 Å². The number of carbonyl (C=O) groups is 2. The fraction of sp³-hybridized carbons (Fsp3) is 0.429. The Morgan fingerprint density at radius 2 is 1.79 bits per heavy atom. The molecule has 0 heterocycles. The number of benzene rings is 1. The number of amides is 1. The standard InChI is InChI=1S/C14H18N2O3/c15-11-7-3-4-8-12(11)16-13(17)9-5-1-2-6-10(9)14(18)19/h1-2,5-6,11-12H,3-4,7-8,15H2,(H,16,17)(H,18,19). The van der Waals surface area contributed by atoms with Crippen LogP contribution in [-0.4, -0.2) is 29.1 Å². The predicted octanol–water partition coefficient (Wildman–Crippen LogP) is 1.38. The zero-order valence-electron chi connectivity index (χ0n) is 10.6. The summed E-state index contributed by atoms with van der Waals surface area (Å²) in [6.07, 6.45) is 3.87. The van der Waals surface area contributed by atoms with Crippen LogP contribution in [0, 0.1) is 0 Å². The molecule has 19 heavy (non-hydrogen) atoms. The second-order valence-electron chi connectivity index (χ2n) is 4.88. The van der Waals surface area contributed by atoms with Crippen LogP contribution in [0.2, 0.25) is 0 Å². The third kappa shape index (κ3) is 3.12. The van der Waals surface area contributed by atoms with Crippen molar-refractivity contribution < 1.29 is 14.7 Å². The van der Waals surface area contributed by atoms with Crippen LogP contribution in [0.1, 0.15) is 46.4 Å². The van der Waals surface area contributed by atoms with Crippen LogP contribution >= 0.6 is 0 Å². The monoisotopic (exact) mass is 262 g/mol. The van der Waals surface area contributed by atoms with Crippen molar-refractivity contribution in [2.75, 3.05) is 0 Å². The summed E-state index contributed by atoms with van der Waals surface area (Å²) >= 11 is 0. The minimum atomic E-state index is -1.10. The molecule has 1 saturated carbocycles. The molecule has 1 fully saturated rings. The fourth-order valence-electron chi connectivity index (χ4n) is 2.45. The van der Waals surface area contributed by atoms with Crippen molar-refractivity contribution in [3.8, 4) is 0 Å². The van der Waals surface area contributed by atoms with Crippen LogP contribution in [0.4, 0.5) is 0 Å². The summed E-state index contributed by atoms with van der Waals surface area (Å²) in [5.41, 5.74) is 6.18. The molecule has 1 aromatic rings. The highest BCUT2D eigenvalue weighted by Gasteiger charge is 2.25. The van der Waals surface area contributed by atoms with Gasteiger partial charge in [0, 0.05) is 12.1 Å². The Hall–Kier alpha value is -1.88. The van der Waals surface area contributed by atoms with Crippen LogP contribution in [-0.2, 0) is 0 Å². The van der Waals surface area contributed by atoms with Crippen molar-refractivity contribution >= 4 is 11.9 Å². The first-order valence-corrected chi connectivity index (χ1v) is 6.48. The van der Waals surface area contributed by atoms with Gasteiger partial charge in [0.05, 0.1) is 11.1 Å². The lowest BCUT2D eigenvalue weighted by atomic mass is 9.90. The molecule has 0 radical (unpaired) electrons. The molecule has 1 aromatic carbocycles. The van der Waals surface area contributed by atoms with E-state index in [0.29, 0.717) is 0 Å². The van der Waals surface area contributed by atoms with Gasteiger partial charge in [-0.05, 0) is 25.0 Å². The maximum atomic E-state index is 12.2. The van der Waals surface area contributed by atoms with Crippen LogP contribution < -0.4 is 11.1 Å². The van der Waals surface area contributed by atoms with Crippen molar-refractivity contribution in [2.24, 2.45) is 5.73 Å². The summed E-state index contributed by atoms with van der Waals surface area (Å²) in [6.45, 7) is 0. The summed E-state index contributed by atoms with van der Waals surface area (Å²) in [4.78, 5) is 23.2. The molecule has 0 aromatic heterocycles. The Morgan fingerprint density at radius 3 is 2.42 bits per heavy atom. The van der Waals surface area contributed by atoms with E-state index in [1.165, 1.54) is 12.1 Å². The van der Waals surface area contributed by atoms with E-state index >= 15 is 0 Å². The first kappa shape index (κ1) is 13.5. The molecule has 5 heteroatoms. The number of nitrogens with one attached hydrogen (secondary N) is 1. The summed E-state index contributed by atoms with van der Waals surface area (Å²) < 4.78 is 0. The first-order valence-electron chi connectivity index (χ1n) is 6.48. The Labute approximate surface area is 111 Å². The molecule has 102 valence electrons. The molecule has 2 rings (SSSR count). The van der Waals surface area contributed by atoms with E-state index in [4.69, 9.17) is 10.8 Å². The highest BCUT2D eigenvalue weighted by atomic mass is 16.4. The van der Waals surface area contributed by atoms with Gasteiger partial charge in [-0.2, -0.15) is 0 Å². The largest absolute Gasteiger partial charge is 0.478 e. The number of nitrogens with two attached hydrogens (primary N) is 1. The highest BCUT2D eigenvalue weighted by molar-refractivity contribution is 6.04. The maximum absolute atomic E-state index is 12.2. The third-order valence-electron chi connectivity index (χ3n) is 3.54. The second-order valence-corrected chi connectivity index (χ2v) is 4.88. The van der Waals surface area contributed by atoms with Gasteiger partial charge in [-0.15, -0.1) is 0 Å². The van der Waals surface area contributed by atoms with Crippen molar-refractivity contribution in [3.63, 3.8) is 0 Å². The van der Waals surface area contributed by atoms with Gasteiger partial charge >= 0.3 is 5.97 Å². The number of aromatic carboxylic acids is 1. The average Bonchev–Trinajstić information content (AvgIpc) is 2.41. The number of hydrogen-bond acceptors (Lipinski definition) is 3. The van der Waals surface area contributed by atoms with Crippen LogP contribution in [0.3, 0.4) is 0 Å². The quantitative estimate of drug-likeness (QED) is 0.767. The predicted molar refractivity (Wildman–Crippen MR) is 71.1 cm³/mol. The van der Waals surface area contributed by atoms with Crippen LogP contribution in [0.15, 0.2) is 24.3 Å². The van der Waals surface area contributed by atoms with Crippen molar-refractivity contribution in [1.82, 2.24) is 5.32 Å². The van der Waals surface area contributed by atoms with Gasteiger partial charge in [0.15, 0.2) is 0 Å². The van der Waals surface area contributed by atoms with Gasteiger partial charge in [-0.1, -0.05) is 25.0 Å². The molecule has 2 atom stereocenters. The molecule has 1 aliphatic carbocycles. The van der Waals surface area contributed by atoms with Gasteiger partial charge in [-0.3, -0.25) is 4.79 Å². The van der Waals surface area contributed by atoms with E-state index in [9.17, 15) is 9.59 Å². The maximum Gasteiger partial charge on any atom is 0.336 e. The number of hydrogen-bond donors (Lipinski definition) is 3.